The average molecular weight is 696 g/mol. The number of nitrogens with one attached hydrogen (secondary N) is 2. The molecule has 2 aromatic carbocycles. The molecule has 0 atom stereocenters. The third-order valence-corrected chi connectivity index (χ3v) is 8.69. The number of anilines is 3. The van der Waals surface area contributed by atoms with Gasteiger partial charge in [-0.1, -0.05) is 24.6 Å². The molecule has 2 aromatic heterocycles. The van der Waals surface area contributed by atoms with Gasteiger partial charge in [0.15, 0.2) is 0 Å². The smallest absolute Gasteiger partial charge is 0.255 e. The van der Waals surface area contributed by atoms with Crippen LogP contribution < -0.4 is 10.6 Å². The number of piperazine rings is 1. The molecule has 0 aliphatic carbocycles. The number of carbonyl (C=O) groups is 2. The van der Waals surface area contributed by atoms with Crippen LogP contribution >= 0.6 is 0 Å². The molecular weight excluding hydrogens is 646 g/mol. The van der Waals surface area contributed by atoms with Crippen LogP contribution in [0.4, 0.5) is 17.3 Å². The molecule has 270 valence electrons. The van der Waals surface area contributed by atoms with Crippen LogP contribution in [0.15, 0.2) is 79.3 Å². The third kappa shape index (κ3) is 12.2. The van der Waals surface area contributed by atoms with Crippen LogP contribution in [-0.2, 0) is 25.5 Å². The number of nitrogens with zero attached hydrogens (tertiary/aromatic N) is 5. The lowest BCUT2D eigenvalue weighted by molar-refractivity contribution is -0.133. The maximum absolute atomic E-state index is 13.1. The maximum atomic E-state index is 13.1. The molecule has 0 saturated carbocycles. The summed E-state index contributed by atoms with van der Waals surface area (Å²) in [6, 6.07) is 19.1. The number of aromatic nitrogens is 3. The molecule has 2 amide bonds. The number of hydrogen-bond acceptors (Lipinski definition) is 10. The van der Waals surface area contributed by atoms with Gasteiger partial charge in [0.1, 0.15) is 0 Å². The van der Waals surface area contributed by atoms with Crippen LogP contribution in [-0.4, -0.2) is 103 Å². The van der Waals surface area contributed by atoms with E-state index >= 15 is 0 Å². The molecule has 1 fully saturated rings. The number of methoxy groups -OCH3 is 1. The highest BCUT2D eigenvalue weighted by molar-refractivity contribution is 6.04. The zero-order valence-corrected chi connectivity index (χ0v) is 29.7. The molecule has 5 rings (SSSR count). The van der Waals surface area contributed by atoms with E-state index in [1.807, 2.05) is 72.5 Å². The van der Waals surface area contributed by atoms with Crippen LogP contribution in [0.2, 0.25) is 0 Å². The summed E-state index contributed by atoms with van der Waals surface area (Å²) in [5.41, 5.74) is 5.83. The van der Waals surface area contributed by atoms with Gasteiger partial charge in [0, 0.05) is 94.0 Å². The minimum absolute atomic E-state index is 0.186. The molecule has 51 heavy (non-hydrogen) atoms. The van der Waals surface area contributed by atoms with Crippen molar-refractivity contribution in [3.63, 3.8) is 0 Å². The second-order valence-electron chi connectivity index (χ2n) is 12.5. The van der Waals surface area contributed by atoms with E-state index in [2.05, 4.69) is 30.5 Å². The van der Waals surface area contributed by atoms with E-state index in [-0.39, 0.29) is 11.8 Å². The van der Waals surface area contributed by atoms with Crippen molar-refractivity contribution in [1.29, 1.82) is 0 Å². The van der Waals surface area contributed by atoms with Crippen molar-refractivity contribution in [2.75, 3.05) is 77.0 Å². The molecule has 3 heterocycles. The van der Waals surface area contributed by atoms with Gasteiger partial charge >= 0.3 is 0 Å². The van der Waals surface area contributed by atoms with Crippen molar-refractivity contribution in [3.05, 3.63) is 95.9 Å². The van der Waals surface area contributed by atoms with Crippen LogP contribution in [0.25, 0.3) is 11.3 Å². The second kappa shape index (κ2) is 20.2. The average Bonchev–Trinajstić information content (AvgIpc) is 3.16. The zero-order valence-electron chi connectivity index (χ0n) is 29.7. The maximum Gasteiger partial charge on any atom is 0.255 e. The number of carbonyl (C=O) groups excluding carboxylic acids is 2. The first-order valence-electron chi connectivity index (χ1n) is 17.6. The lowest BCUT2D eigenvalue weighted by Crippen LogP contribution is -2.48. The number of hydrogen-bond donors (Lipinski definition) is 2. The highest BCUT2D eigenvalue weighted by Gasteiger charge is 2.21. The second-order valence-corrected chi connectivity index (χ2v) is 12.5. The molecule has 0 spiro atoms. The molecule has 4 aromatic rings. The Morgan fingerprint density at radius 3 is 2.39 bits per heavy atom. The van der Waals surface area contributed by atoms with Gasteiger partial charge < -0.3 is 29.7 Å². The van der Waals surface area contributed by atoms with Crippen molar-refractivity contribution >= 4 is 29.1 Å². The van der Waals surface area contributed by atoms with Crippen molar-refractivity contribution in [1.82, 2.24) is 24.8 Å². The molecule has 0 bridgehead atoms. The summed E-state index contributed by atoms with van der Waals surface area (Å²) < 4.78 is 15.9. The Hall–Kier alpha value is -4.75. The lowest BCUT2D eigenvalue weighted by atomic mass is 10.1. The summed E-state index contributed by atoms with van der Waals surface area (Å²) in [5.74, 6) is 0.503. The molecular formula is C39H49N7O5. The molecule has 1 aliphatic heterocycles. The number of amides is 2. The normalized spacial score (nSPS) is 13.3. The van der Waals surface area contributed by atoms with Crippen LogP contribution in [0, 0.1) is 6.92 Å². The predicted molar refractivity (Wildman–Crippen MR) is 198 cm³/mol. The Bertz CT molecular complexity index is 1660. The minimum atomic E-state index is -0.186. The number of ether oxygens (including phenoxy) is 3. The highest BCUT2D eigenvalue weighted by Crippen LogP contribution is 2.25. The molecule has 1 aliphatic rings. The van der Waals surface area contributed by atoms with Gasteiger partial charge in [-0.05, 0) is 73.4 Å². The zero-order chi connectivity index (χ0) is 35.7. The van der Waals surface area contributed by atoms with Gasteiger partial charge in [0.25, 0.3) is 5.91 Å². The SMILES string of the molecule is COCCOCCOCCCCCC(=O)N1CCN(Cc2ccc(C(=O)Nc3ccc(C)c(Nc4nccc(-c5cccnc5)n4)c3)cc2)CC1. The first-order valence-corrected chi connectivity index (χ1v) is 17.6. The van der Waals surface area contributed by atoms with Crippen LogP contribution in [0.5, 0.6) is 0 Å². The van der Waals surface area contributed by atoms with Gasteiger partial charge in [-0.25, -0.2) is 9.97 Å². The Balaban J connectivity index is 1.01. The fraction of sp³-hybridized carbons (Fsp3) is 0.410. The third-order valence-electron chi connectivity index (χ3n) is 8.69. The van der Waals surface area contributed by atoms with E-state index in [1.54, 1.807) is 25.7 Å². The van der Waals surface area contributed by atoms with Gasteiger partial charge in [-0.15, -0.1) is 0 Å². The standard InChI is InChI=1S/C39H49N7O5/c1-30-9-14-34(27-36(30)44-39-41-17-15-35(43-39)33-7-6-16-40-28-33)42-38(48)32-12-10-31(11-13-32)29-45-18-20-46(21-19-45)37(47)8-4-3-5-22-50-25-26-51-24-23-49-2/h6-7,9-17,27-28H,3-5,8,18-26,29H2,1-2H3,(H,42,48)(H,41,43,44). The van der Waals surface area contributed by atoms with Gasteiger partial charge in [0.2, 0.25) is 11.9 Å². The first-order chi connectivity index (χ1) is 25.0. The van der Waals surface area contributed by atoms with E-state index in [0.717, 1.165) is 80.1 Å². The Labute approximate surface area is 300 Å². The summed E-state index contributed by atoms with van der Waals surface area (Å²) in [6.45, 7) is 8.93. The fourth-order valence-corrected chi connectivity index (χ4v) is 5.71. The van der Waals surface area contributed by atoms with Crippen molar-refractivity contribution in [2.45, 2.75) is 39.2 Å². The van der Waals surface area contributed by atoms with Crippen molar-refractivity contribution in [2.24, 2.45) is 0 Å². The number of aryl methyl sites for hydroxylation is 1. The first kappa shape index (κ1) is 37.5. The number of rotatable bonds is 19. The summed E-state index contributed by atoms with van der Waals surface area (Å²) in [6.07, 6.45) is 8.58. The predicted octanol–water partition coefficient (Wildman–Crippen LogP) is 5.73. The topological polar surface area (TPSA) is 131 Å². The quantitative estimate of drug-likeness (QED) is 0.117. The summed E-state index contributed by atoms with van der Waals surface area (Å²) >= 11 is 0. The highest BCUT2D eigenvalue weighted by atomic mass is 16.5. The van der Waals surface area contributed by atoms with E-state index in [1.165, 1.54) is 0 Å². The minimum Gasteiger partial charge on any atom is -0.382 e. The fourth-order valence-electron chi connectivity index (χ4n) is 5.71. The van der Waals surface area contributed by atoms with E-state index < -0.39 is 0 Å². The van der Waals surface area contributed by atoms with E-state index in [4.69, 9.17) is 14.2 Å². The summed E-state index contributed by atoms with van der Waals surface area (Å²) in [4.78, 5) is 43.4. The van der Waals surface area contributed by atoms with Gasteiger partial charge in [0.05, 0.1) is 32.1 Å². The van der Waals surface area contributed by atoms with Crippen LogP contribution in [0.1, 0.15) is 47.2 Å². The lowest BCUT2D eigenvalue weighted by Gasteiger charge is -2.35. The number of unbranched alkanes of at least 4 members (excludes halogenated alkanes) is 2. The molecule has 0 radical (unpaired) electrons. The summed E-state index contributed by atoms with van der Waals surface area (Å²) in [7, 11) is 1.65. The van der Waals surface area contributed by atoms with Crippen molar-refractivity contribution < 1.29 is 23.8 Å². The Kier molecular flexibility index (Phi) is 14.8. The Morgan fingerprint density at radius 1 is 0.843 bits per heavy atom. The molecule has 12 nitrogen and oxygen atoms in total. The van der Waals surface area contributed by atoms with E-state index in [9.17, 15) is 9.59 Å². The van der Waals surface area contributed by atoms with Crippen LogP contribution in [0.3, 0.4) is 0 Å². The molecule has 12 heteroatoms. The van der Waals surface area contributed by atoms with Gasteiger partial charge in [-0.3, -0.25) is 19.5 Å². The summed E-state index contributed by atoms with van der Waals surface area (Å²) in [5, 5.41) is 6.30. The monoisotopic (exact) mass is 695 g/mol. The molecule has 1 saturated heterocycles. The molecule has 2 N–H and O–H groups in total. The van der Waals surface area contributed by atoms with E-state index in [0.29, 0.717) is 56.7 Å². The Morgan fingerprint density at radius 2 is 1.63 bits per heavy atom. The van der Waals surface area contributed by atoms with Gasteiger partial charge in [-0.2, -0.15) is 0 Å². The largest absolute Gasteiger partial charge is 0.382 e. The van der Waals surface area contributed by atoms with Crippen molar-refractivity contribution in [3.8, 4) is 11.3 Å². The molecule has 0 unspecified atom stereocenters. The number of benzene rings is 2. The number of pyridine rings is 1.